The molecule has 1 aliphatic carbocycles. The van der Waals surface area contributed by atoms with E-state index in [1.165, 1.54) is 0 Å². The van der Waals surface area contributed by atoms with Crippen LogP contribution in [0.15, 0.2) is 0 Å². The summed E-state index contributed by atoms with van der Waals surface area (Å²) in [6, 6.07) is 0.111. The van der Waals surface area contributed by atoms with Gasteiger partial charge in [-0.1, -0.05) is 0 Å². The molecule has 0 saturated heterocycles. The van der Waals surface area contributed by atoms with E-state index in [2.05, 4.69) is 5.32 Å². The van der Waals surface area contributed by atoms with Crippen LogP contribution < -0.4 is 5.32 Å². The van der Waals surface area contributed by atoms with Crippen LogP contribution in [-0.2, 0) is 14.8 Å². The van der Waals surface area contributed by atoms with Gasteiger partial charge >= 0.3 is 0 Å². The van der Waals surface area contributed by atoms with Crippen molar-refractivity contribution in [2.45, 2.75) is 32.2 Å². The Bertz CT molecular complexity index is 328. The summed E-state index contributed by atoms with van der Waals surface area (Å²) >= 11 is 0. The highest BCUT2D eigenvalue weighted by molar-refractivity contribution is 7.89. The Morgan fingerprint density at radius 1 is 1.44 bits per heavy atom. The first-order valence-corrected chi connectivity index (χ1v) is 8.27. The van der Waals surface area contributed by atoms with Crippen LogP contribution in [0.1, 0.15) is 26.2 Å². The van der Waals surface area contributed by atoms with E-state index >= 15 is 0 Å². The number of rotatable bonds is 10. The van der Waals surface area contributed by atoms with Crippen LogP contribution in [0.3, 0.4) is 0 Å². The first-order chi connectivity index (χ1) is 8.53. The normalized spacial score (nSPS) is 18.2. The molecule has 1 unspecified atom stereocenters. The van der Waals surface area contributed by atoms with Gasteiger partial charge in [-0.15, -0.1) is 0 Å². The Morgan fingerprint density at radius 3 is 2.61 bits per heavy atom. The fraction of sp³-hybridized carbons (Fsp3) is 1.00. The Labute approximate surface area is 111 Å². The average Bonchev–Trinajstić information content (AvgIpc) is 3.13. The summed E-state index contributed by atoms with van der Waals surface area (Å²) in [5.41, 5.74) is 0. The van der Waals surface area contributed by atoms with Gasteiger partial charge in [0.25, 0.3) is 0 Å². The van der Waals surface area contributed by atoms with Crippen LogP contribution in [0.2, 0.25) is 0 Å². The molecule has 6 heteroatoms. The lowest BCUT2D eigenvalue weighted by Crippen LogP contribution is -2.43. The van der Waals surface area contributed by atoms with E-state index in [1.807, 2.05) is 14.0 Å². The van der Waals surface area contributed by atoms with Gasteiger partial charge in [0.1, 0.15) is 0 Å². The Balaban J connectivity index is 2.60. The predicted octanol–water partition coefficient (Wildman–Crippen LogP) is 0.673. The highest BCUT2D eigenvalue weighted by atomic mass is 32.2. The van der Waals surface area contributed by atoms with Crippen molar-refractivity contribution in [2.75, 3.05) is 39.6 Å². The first-order valence-electron chi connectivity index (χ1n) is 6.66. The van der Waals surface area contributed by atoms with E-state index in [-0.39, 0.29) is 11.8 Å². The number of sulfonamides is 1. The van der Waals surface area contributed by atoms with E-state index in [4.69, 9.17) is 4.74 Å². The minimum atomic E-state index is -3.16. The fourth-order valence-electron chi connectivity index (χ4n) is 2.14. The molecule has 0 amide bonds. The Morgan fingerprint density at radius 2 is 2.11 bits per heavy atom. The molecule has 0 bridgehead atoms. The molecule has 1 aliphatic rings. The molecule has 0 spiro atoms. The third-order valence-corrected chi connectivity index (χ3v) is 5.49. The van der Waals surface area contributed by atoms with Gasteiger partial charge in [-0.3, -0.25) is 0 Å². The maximum atomic E-state index is 12.3. The van der Waals surface area contributed by atoms with Crippen molar-refractivity contribution in [3.05, 3.63) is 0 Å². The van der Waals surface area contributed by atoms with E-state index in [0.29, 0.717) is 25.5 Å². The lowest BCUT2D eigenvalue weighted by Gasteiger charge is -2.28. The first kappa shape index (κ1) is 15.9. The smallest absolute Gasteiger partial charge is 0.214 e. The van der Waals surface area contributed by atoms with Crippen molar-refractivity contribution in [3.63, 3.8) is 0 Å². The third-order valence-electron chi connectivity index (χ3n) is 3.46. The van der Waals surface area contributed by atoms with Crippen LogP contribution in [0.4, 0.5) is 0 Å². The highest BCUT2D eigenvalue weighted by Gasteiger charge is 2.36. The summed E-state index contributed by atoms with van der Waals surface area (Å²) < 4.78 is 31.3. The van der Waals surface area contributed by atoms with Crippen LogP contribution in [-0.4, -0.2) is 58.4 Å². The highest BCUT2D eigenvalue weighted by Crippen LogP contribution is 2.36. The summed E-state index contributed by atoms with van der Waals surface area (Å²) in [6.45, 7) is 3.68. The average molecular weight is 278 g/mol. The maximum absolute atomic E-state index is 12.3. The van der Waals surface area contributed by atoms with E-state index in [9.17, 15) is 8.42 Å². The minimum Gasteiger partial charge on any atom is -0.383 e. The molecule has 0 aromatic rings. The molecule has 0 heterocycles. The zero-order chi connectivity index (χ0) is 13.6. The van der Waals surface area contributed by atoms with Gasteiger partial charge in [0, 0.05) is 19.7 Å². The molecule has 1 rings (SSSR count). The SMILES string of the molecule is CNCCCS(=O)(=O)N(CCOC)C(C)C1CC1. The molecule has 0 aliphatic heterocycles. The number of nitrogens with one attached hydrogen (secondary N) is 1. The second kappa shape index (κ2) is 7.43. The lowest BCUT2D eigenvalue weighted by atomic mass is 10.2. The molecule has 1 saturated carbocycles. The lowest BCUT2D eigenvalue weighted by molar-refractivity contribution is 0.164. The molecule has 0 aromatic heterocycles. The second-order valence-electron chi connectivity index (χ2n) is 4.95. The Kier molecular flexibility index (Phi) is 6.55. The number of nitrogens with zero attached hydrogens (tertiary/aromatic N) is 1. The molecule has 0 aromatic carbocycles. The maximum Gasteiger partial charge on any atom is 0.214 e. The van der Waals surface area contributed by atoms with Crippen LogP contribution >= 0.6 is 0 Å². The number of methoxy groups -OCH3 is 1. The fourth-order valence-corrected chi connectivity index (χ4v) is 3.91. The van der Waals surface area contributed by atoms with E-state index in [0.717, 1.165) is 19.4 Å². The largest absolute Gasteiger partial charge is 0.383 e. The second-order valence-corrected chi connectivity index (χ2v) is 7.00. The van der Waals surface area contributed by atoms with Crippen LogP contribution in [0.5, 0.6) is 0 Å². The van der Waals surface area contributed by atoms with Gasteiger partial charge in [-0.25, -0.2) is 8.42 Å². The standard InChI is InChI=1S/C12H26N2O3S/c1-11(12-5-6-12)14(8-9-17-3)18(15,16)10-4-7-13-2/h11-13H,4-10H2,1-3H3. The molecule has 0 radical (unpaired) electrons. The Hall–Kier alpha value is -0.170. The number of hydrogen-bond acceptors (Lipinski definition) is 4. The molecule has 108 valence electrons. The molecule has 1 atom stereocenters. The van der Waals surface area contributed by atoms with Gasteiger partial charge in [0.15, 0.2) is 0 Å². The zero-order valence-electron chi connectivity index (χ0n) is 11.7. The van der Waals surface area contributed by atoms with Crippen molar-refractivity contribution in [3.8, 4) is 0 Å². The van der Waals surface area contributed by atoms with Gasteiger partial charge in [0.2, 0.25) is 10.0 Å². The van der Waals surface area contributed by atoms with Gasteiger partial charge < -0.3 is 10.1 Å². The summed E-state index contributed by atoms with van der Waals surface area (Å²) in [5, 5.41) is 2.98. The van der Waals surface area contributed by atoms with E-state index < -0.39 is 10.0 Å². The molecule has 1 N–H and O–H groups in total. The molecule has 1 fully saturated rings. The topological polar surface area (TPSA) is 58.6 Å². The van der Waals surface area contributed by atoms with E-state index in [1.54, 1.807) is 11.4 Å². The van der Waals surface area contributed by atoms with Crippen LogP contribution in [0, 0.1) is 5.92 Å². The van der Waals surface area contributed by atoms with Crippen molar-refractivity contribution in [1.82, 2.24) is 9.62 Å². The van der Waals surface area contributed by atoms with Gasteiger partial charge in [-0.05, 0) is 45.7 Å². The summed E-state index contributed by atoms with van der Waals surface area (Å²) in [4.78, 5) is 0. The van der Waals surface area contributed by atoms with Gasteiger partial charge in [-0.2, -0.15) is 4.31 Å². The predicted molar refractivity (Wildman–Crippen MR) is 73.1 cm³/mol. The third kappa shape index (κ3) is 4.84. The van der Waals surface area contributed by atoms with Crippen LogP contribution in [0.25, 0.3) is 0 Å². The van der Waals surface area contributed by atoms with Crippen molar-refractivity contribution in [1.29, 1.82) is 0 Å². The monoisotopic (exact) mass is 278 g/mol. The minimum absolute atomic E-state index is 0.111. The molecular formula is C12H26N2O3S. The van der Waals surface area contributed by atoms with Crippen molar-refractivity contribution < 1.29 is 13.2 Å². The summed E-state index contributed by atoms with van der Waals surface area (Å²) in [6.07, 6.45) is 2.95. The van der Waals surface area contributed by atoms with Crippen molar-refractivity contribution in [2.24, 2.45) is 5.92 Å². The van der Waals surface area contributed by atoms with Crippen molar-refractivity contribution >= 4 is 10.0 Å². The quantitative estimate of drug-likeness (QED) is 0.597. The summed E-state index contributed by atoms with van der Waals surface area (Å²) in [5.74, 6) is 0.759. The number of ether oxygens (including phenoxy) is 1. The summed E-state index contributed by atoms with van der Waals surface area (Å²) in [7, 11) is 0.282. The zero-order valence-corrected chi connectivity index (χ0v) is 12.5. The molecule has 5 nitrogen and oxygen atoms in total. The van der Waals surface area contributed by atoms with Gasteiger partial charge in [0.05, 0.1) is 12.4 Å². The molecular weight excluding hydrogens is 252 g/mol. The number of hydrogen-bond donors (Lipinski definition) is 1. The molecule has 18 heavy (non-hydrogen) atoms.